The topological polar surface area (TPSA) is 111 Å². The van der Waals surface area contributed by atoms with Gasteiger partial charge in [-0.1, -0.05) is 110 Å². The molecule has 10 heteroatoms. The van der Waals surface area contributed by atoms with Crippen molar-refractivity contribution in [2.75, 3.05) is 39.4 Å². The van der Waals surface area contributed by atoms with Crippen molar-refractivity contribution in [1.82, 2.24) is 10.2 Å². The van der Waals surface area contributed by atoms with Crippen molar-refractivity contribution in [3.8, 4) is 0 Å². The van der Waals surface area contributed by atoms with Crippen LogP contribution in [0.5, 0.6) is 0 Å². The molecular formula is C38H44N2O7S. The zero-order valence-corrected chi connectivity index (χ0v) is 28.0. The number of carbonyl (C=O) groups excluding carboxylic acids is 2. The van der Waals surface area contributed by atoms with Gasteiger partial charge in [0.05, 0.1) is 0 Å². The van der Waals surface area contributed by atoms with Crippen LogP contribution in [0.15, 0.2) is 108 Å². The Morgan fingerprint density at radius 3 is 2.08 bits per heavy atom. The fourth-order valence-electron chi connectivity index (χ4n) is 6.44. The van der Waals surface area contributed by atoms with E-state index >= 15 is 0 Å². The first kappa shape index (κ1) is 35.2. The van der Waals surface area contributed by atoms with Gasteiger partial charge in [0.2, 0.25) is 5.91 Å². The molecule has 1 N–H and O–H groups in total. The van der Waals surface area contributed by atoms with Gasteiger partial charge in [-0.25, -0.2) is 4.79 Å². The number of hydrogen-bond acceptors (Lipinski definition) is 8. The summed E-state index contributed by atoms with van der Waals surface area (Å²) in [4.78, 5) is 30.9. The standard InChI is InChI=1S/C38H44N2O7S/c41-36(28-45-29-37(42)46-47-48(43,44)35-21-13-19-30-14-9-10-20-34(30)35)39-24-11-1-2-12-25-40-26-22-33(23-27-40)38(31-15-5-3-6-16-31)32-17-7-4-8-18-32/h3-10,13-21,33,38H,1-2,11-12,22-29H2,(H,39,41). The average Bonchev–Trinajstić information content (AvgIpc) is 3.12. The maximum absolute atomic E-state index is 12.5. The lowest BCUT2D eigenvalue weighted by molar-refractivity contribution is -0.215. The number of ether oxygens (including phenoxy) is 1. The first-order valence-corrected chi connectivity index (χ1v) is 18.1. The lowest BCUT2D eigenvalue weighted by Crippen LogP contribution is -2.36. The van der Waals surface area contributed by atoms with Crippen LogP contribution in [0.2, 0.25) is 0 Å². The van der Waals surface area contributed by atoms with Gasteiger partial charge in [-0.2, -0.15) is 8.42 Å². The molecular weight excluding hydrogens is 628 g/mol. The Bertz CT molecular complexity index is 1660. The molecule has 48 heavy (non-hydrogen) atoms. The number of unbranched alkanes of at least 4 members (excludes halogenated alkanes) is 3. The van der Waals surface area contributed by atoms with Crippen molar-refractivity contribution in [3.05, 3.63) is 114 Å². The summed E-state index contributed by atoms with van der Waals surface area (Å²) in [7, 11) is -4.36. The summed E-state index contributed by atoms with van der Waals surface area (Å²) in [5, 5.41) is 3.92. The molecule has 9 nitrogen and oxygen atoms in total. The van der Waals surface area contributed by atoms with Gasteiger partial charge in [0.15, 0.2) is 0 Å². The Hall–Kier alpha value is -4.09. The molecule has 0 aliphatic carbocycles. The van der Waals surface area contributed by atoms with E-state index in [0.717, 1.165) is 45.3 Å². The van der Waals surface area contributed by atoms with Gasteiger partial charge in [-0.05, 0) is 78.1 Å². The molecule has 1 heterocycles. The molecule has 0 unspecified atom stereocenters. The maximum Gasteiger partial charge on any atom is 0.369 e. The molecule has 254 valence electrons. The van der Waals surface area contributed by atoms with E-state index in [-0.39, 0.29) is 17.4 Å². The van der Waals surface area contributed by atoms with E-state index in [1.807, 2.05) is 0 Å². The minimum Gasteiger partial charge on any atom is -0.360 e. The van der Waals surface area contributed by atoms with Gasteiger partial charge in [0.25, 0.3) is 0 Å². The Balaban J connectivity index is 0.902. The quantitative estimate of drug-likeness (QED) is 0.0798. The van der Waals surface area contributed by atoms with Gasteiger partial charge >= 0.3 is 16.1 Å². The summed E-state index contributed by atoms with van der Waals surface area (Å²) in [6.07, 6.45) is 6.47. The number of hydrogen-bond donors (Lipinski definition) is 1. The molecule has 0 aromatic heterocycles. The number of piperidine rings is 1. The maximum atomic E-state index is 12.5. The summed E-state index contributed by atoms with van der Waals surface area (Å²) in [6.45, 7) is 2.88. The SMILES string of the molecule is O=C(COCC(=O)OOS(=O)(=O)c1cccc2ccccc12)NCCCCCCN1CCC(C(c2ccccc2)c2ccccc2)CC1. The average molecular weight is 673 g/mol. The monoisotopic (exact) mass is 672 g/mol. The molecule has 0 bridgehead atoms. The molecule has 4 aromatic carbocycles. The van der Waals surface area contributed by atoms with E-state index in [2.05, 4.69) is 80.1 Å². The summed E-state index contributed by atoms with van der Waals surface area (Å²) < 4.78 is 34.6. The second-order valence-corrected chi connectivity index (χ2v) is 13.7. The van der Waals surface area contributed by atoms with Crippen LogP contribution in [0.4, 0.5) is 0 Å². The first-order valence-electron chi connectivity index (χ1n) is 16.7. The highest BCUT2D eigenvalue weighted by Gasteiger charge is 2.28. The zero-order chi connectivity index (χ0) is 33.6. The van der Waals surface area contributed by atoms with E-state index in [0.29, 0.717) is 29.2 Å². The number of rotatable bonds is 17. The van der Waals surface area contributed by atoms with E-state index in [1.165, 1.54) is 30.0 Å². The molecule has 1 saturated heterocycles. The first-order chi connectivity index (χ1) is 23.4. The number of nitrogens with one attached hydrogen (secondary N) is 1. The second-order valence-electron chi connectivity index (χ2n) is 12.2. The highest BCUT2D eigenvalue weighted by Crippen LogP contribution is 2.38. The van der Waals surface area contributed by atoms with Crippen molar-refractivity contribution in [1.29, 1.82) is 0 Å². The number of likely N-dealkylation sites (tertiary alicyclic amines) is 1. The van der Waals surface area contributed by atoms with Gasteiger partial charge in [0, 0.05) is 17.8 Å². The lowest BCUT2D eigenvalue weighted by Gasteiger charge is -2.36. The number of benzene rings is 4. The normalized spacial score (nSPS) is 14.3. The van der Waals surface area contributed by atoms with Gasteiger partial charge in [-0.3, -0.25) is 9.68 Å². The van der Waals surface area contributed by atoms with E-state index in [4.69, 9.17) is 4.74 Å². The van der Waals surface area contributed by atoms with Crippen molar-refractivity contribution in [2.45, 2.75) is 49.3 Å². The van der Waals surface area contributed by atoms with Crippen LogP contribution in [0.1, 0.15) is 55.6 Å². The van der Waals surface area contributed by atoms with Crippen LogP contribution in [-0.2, 0) is 33.7 Å². The Kier molecular flexibility index (Phi) is 13.1. The smallest absolute Gasteiger partial charge is 0.360 e. The van der Waals surface area contributed by atoms with Crippen LogP contribution < -0.4 is 5.32 Å². The Labute approximate surface area is 283 Å². The fourth-order valence-corrected chi connectivity index (χ4v) is 7.38. The fraction of sp³-hybridized carbons (Fsp3) is 0.368. The summed E-state index contributed by atoms with van der Waals surface area (Å²) in [5.41, 5.74) is 2.80. The van der Waals surface area contributed by atoms with Gasteiger partial charge in [0.1, 0.15) is 18.1 Å². The second kappa shape index (κ2) is 17.9. The minimum absolute atomic E-state index is 0.120. The molecule has 0 atom stereocenters. The highest BCUT2D eigenvalue weighted by molar-refractivity contribution is 7.86. The Morgan fingerprint density at radius 1 is 0.750 bits per heavy atom. The summed E-state index contributed by atoms with van der Waals surface area (Å²) in [5.74, 6) is -0.361. The number of fused-ring (bicyclic) bond motifs is 1. The molecule has 5 rings (SSSR count). The minimum atomic E-state index is -4.36. The number of nitrogens with zero attached hydrogens (tertiary/aromatic N) is 1. The van der Waals surface area contributed by atoms with Crippen molar-refractivity contribution in [3.63, 3.8) is 0 Å². The summed E-state index contributed by atoms with van der Waals surface area (Å²) >= 11 is 0. The van der Waals surface area contributed by atoms with Crippen LogP contribution in [-0.4, -0.2) is 64.6 Å². The van der Waals surface area contributed by atoms with Crippen LogP contribution in [0, 0.1) is 5.92 Å². The number of amides is 1. The van der Waals surface area contributed by atoms with Gasteiger partial charge in [-0.15, -0.1) is 0 Å². The molecule has 0 radical (unpaired) electrons. The number of carbonyl (C=O) groups is 2. The van der Waals surface area contributed by atoms with Crippen LogP contribution >= 0.6 is 0 Å². The predicted octanol–water partition coefficient (Wildman–Crippen LogP) is 6.24. The van der Waals surface area contributed by atoms with Gasteiger partial charge < -0.3 is 15.0 Å². The largest absolute Gasteiger partial charge is 0.369 e. The molecule has 4 aromatic rings. The lowest BCUT2D eigenvalue weighted by atomic mass is 9.76. The molecule has 0 spiro atoms. The van der Waals surface area contributed by atoms with E-state index in [1.54, 1.807) is 36.4 Å². The van der Waals surface area contributed by atoms with E-state index < -0.39 is 22.7 Å². The third kappa shape index (κ3) is 10.2. The molecule has 1 aliphatic heterocycles. The highest BCUT2D eigenvalue weighted by atomic mass is 32.2. The zero-order valence-electron chi connectivity index (χ0n) is 27.2. The Morgan fingerprint density at radius 2 is 1.38 bits per heavy atom. The molecule has 1 aliphatic rings. The van der Waals surface area contributed by atoms with Crippen LogP contribution in [0.3, 0.4) is 0 Å². The van der Waals surface area contributed by atoms with Crippen molar-refractivity contribution >= 4 is 32.8 Å². The third-order valence-electron chi connectivity index (χ3n) is 8.83. The third-order valence-corrected chi connectivity index (χ3v) is 9.97. The van der Waals surface area contributed by atoms with Crippen molar-refractivity contribution in [2.24, 2.45) is 5.92 Å². The van der Waals surface area contributed by atoms with E-state index in [9.17, 15) is 18.0 Å². The van der Waals surface area contributed by atoms with Crippen molar-refractivity contribution < 1.29 is 32.0 Å². The molecule has 1 fully saturated rings. The molecule has 0 saturated carbocycles. The predicted molar refractivity (Wildman–Crippen MR) is 184 cm³/mol. The summed E-state index contributed by atoms with van der Waals surface area (Å²) in [6, 6.07) is 33.4. The molecule has 1 amide bonds. The van der Waals surface area contributed by atoms with Crippen LogP contribution in [0.25, 0.3) is 10.8 Å².